The van der Waals surface area contributed by atoms with Crippen molar-refractivity contribution in [2.24, 2.45) is 0 Å². The third-order valence-corrected chi connectivity index (χ3v) is 4.60. The monoisotopic (exact) mass is 414 g/mol. The molecule has 0 heterocycles. The summed E-state index contributed by atoms with van der Waals surface area (Å²) < 4.78 is 9.75. The Bertz CT molecular complexity index is 851. The van der Waals surface area contributed by atoms with Gasteiger partial charge in [0, 0.05) is 5.75 Å². The molecule has 0 aliphatic carbocycles. The van der Waals surface area contributed by atoms with Crippen molar-refractivity contribution in [3.05, 3.63) is 71.8 Å². The van der Waals surface area contributed by atoms with Gasteiger partial charge in [-0.1, -0.05) is 72.4 Å². The van der Waals surface area contributed by atoms with Crippen LogP contribution in [0.4, 0.5) is 4.79 Å². The van der Waals surface area contributed by atoms with Crippen LogP contribution in [0.5, 0.6) is 5.75 Å². The lowest BCUT2D eigenvalue weighted by atomic mass is 10.2. The van der Waals surface area contributed by atoms with Crippen LogP contribution >= 0.6 is 11.8 Å². The van der Waals surface area contributed by atoms with Gasteiger partial charge in [0.25, 0.3) is 0 Å². The van der Waals surface area contributed by atoms with Crippen LogP contribution in [0.3, 0.4) is 0 Å². The highest BCUT2D eigenvalue weighted by atomic mass is 32.2. The number of thioether (sulfide) groups is 1. The first-order chi connectivity index (χ1) is 14.0. The quantitative estimate of drug-likeness (QED) is 0.523. The topological polar surface area (TPSA) is 105 Å². The van der Waals surface area contributed by atoms with Crippen molar-refractivity contribution in [1.29, 1.82) is 0 Å². The maximum atomic E-state index is 12.0. The molecule has 29 heavy (non-hydrogen) atoms. The van der Waals surface area contributed by atoms with E-state index in [1.807, 2.05) is 18.2 Å². The number of nitrogens with one attached hydrogen (secondary N) is 1. The summed E-state index contributed by atoms with van der Waals surface area (Å²) in [6, 6.07) is 14.0. The number of ether oxygens (including phenoxy) is 2. The van der Waals surface area contributed by atoms with Crippen LogP contribution in [-0.2, 0) is 25.7 Å². The maximum absolute atomic E-state index is 12.0. The lowest BCUT2D eigenvalue weighted by Gasteiger charge is -2.15. The van der Waals surface area contributed by atoms with Crippen LogP contribution in [0.1, 0.15) is 11.1 Å². The highest BCUT2D eigenvalue weighted by Gasteiger charge is 2.23. The number of hydrogen-bond acceptors (Lipinski definition) is 7. The maximum Gasteiger partial charge on any atom is 0.408 e. The molecule has 2 aromatic rings. The van der Waals surface area contributed by atoms with Gasteiger partial charge in [0.05, 0.1) is 7.11 Å². The molecule has 0 aliphatic heterocycles. The minimum Gasteiger partial charge on any atom is -0.872 e. The number of carbonyl (C=O) groups is 3. The number of esters is 1. The average molecular weight is 414 g/mol. The molecule has 0 fully saturated rings. The highest BCUT2D eigenvalue weighted by Crippen LogP contribution is 2.12. The molecular weight excluding hydrogens is 394 g/mol. The molecule has 8 heteroatoms. The van der Waals surface area contributed by atoms with Gasteiger partial charge in [0.15, 0.2) is 0 Å². The first-order valence-electron chi connectivity index (χ1n) is 8.65. The average Bonchev–Trinajstić information content (AvgIpc) is 2.75. The molecule has 0 aliphatic rings. The summed E-state index contributed by atoms with van der Waals surface area (Å²) in [5, 5.41) is 13.2. The van der Waals surface area contributed by atoms with E-state index >= 15 is 0 Å². The summed E-state index contributed by atoms with van der Waals surface area (Å²) in [6.45, 7) is 0.0531. The van der Waals surface area contributed by atoms with Crippen LogP contribution in [0.15, 0.2) is 60.7 Å². The molecule has 0 saturated carbocycles. The van der Waals surface area contributed by atoms with Crippen molar-refractivity contribution < 1.29 is 29.0 Å². The lowest BCUT2D eigenvalue weighted by molar-refractivity contribution is -0.268. The van der Waals surface area contributed by atoms with Gasteiger partial charge < -0.3 is 19.9 Å². The van der Waals surface area contributed by atoms with E-state index in [0.717, 1.165) is 17.3 Å². The number of amides is 1. The van der Waals surface area contributed by atoms with E-state index in [-0.39, 0.29) is 23.2 Å². The summed E-state index contributed by atoms with van der Waals surface area (Å²) in [7, 11) is 1.19. The Balaban J connectivity index is 1.84. The van der Waals surface area contributed by atoms with E-state index in [2.05, 4.69) is 10.1 Å². The Labute approximate surface area is 172 Å². The molecule has 1 atom stereocenters. The first-order valence-corrected chi connectivity index (χ1v) is 9.63. The minimum absolute atomic E-state index is 0.0181. The Hall–Kier alpha value is -3.26. The van der Waals surface area contributed by atoms with Crippen LogP contribution in [0, 0.1) is 0 Å². The van der Waals surface area contributed by atoms with Crippen molar-refractivity contribution in [3.63, 3.8) is 0 Å². The zero-order valence-electron chi connectivity index (χ0n) is 15.7. The van der Waals surface area contributed by atoms with E-state index in [9.17, 15) is 19.5 Å². The summed E-state index contributed by atoms with van der Waals surface area (Å²) in [4.78, 5) is 35.8. The fourth-order valence-corrected chi connectivity index (χ4v) is 2.89. The Morgan fingerprint density at radius 1 is 1.10 bits per heavy atom. The summed E-state index contributed by atoms with van der Waals surface area (Å²) >= 11 is 0.849. The van der Waals surface area contributed by atoms with Gasteiger partial charge in [-0.25, -0.2) is 9.59 Å². The molecule has 152 valence electrons. The van der Waals surface area contributed by atoms with E-state index in [1.54, 1.807) is 30.3 Å². The largest absolute Gasteiger partial charge is 0.872 e. The Morgan fingerprint density at radius 3 is 2.45 bits per heavy atom. The molecule has 0 saturated heterocycles. The predicted octanol–water partition coefficient (Wildman–Crippen LogP) is 2.50. The van der Waals surface area contributed by atoms with Gasteiger partial charge in [0.2, 0.25) is 5.12 Å². The van der Waals surface area contributed by atoms with Crippen molar-refractivity contribution in [3.8, 4) is 5.75 Å². The molecule has 2 aromatic carbocycles. The molecule has 1 N–H and O–H groups in total. The van der Waals surface area contributed by atoms with E-state index in [1.165, 1.54) is 25.3 Å². The second-order valence-electron chi connectivity index (χ2n) is 5.81. The van der Waals surface area contributed by atoms with Crippen LogP contribution in [-0.4, -0.2) is 36.1 Å². The van der Waals surface area contributed by atoms with E-state index < -0.39 is 18.1 Å². The number of benzene rings is 2. The van der Waals surface area contributed by atoms with E-state index in [4.69, 9.17) is 4.74 Å². The van der Waals surface area contributed by atoms with Crippen molar-refractivity contribution in [2.75, 3.05) is 12.9 Å². The van der Waals surface area contributed by atoms with Crippen LogP contribution in [0.25, 0.3) is 6.08 Å². The first kappa shape index (κ1) is 22.0. The van der Waals surface area contributed by atoms with E-state index in [0.29, 0.717) is 5.56 Å². The summed E-state index contributed by atoms with van der Waals surface area (Å²) in [6.07, 6.45) is 2.10. The normalized spacial score (nSPS) is 11.6. The molecule has 0 aromatic heterocycles. The minimum atomic E-state index is -1.04. The molecule has 0 spiro atoms. The van der Waals surface area contributed by atoms with Gasteiger partial charge in [-0.05, 0) is 17.2 Å². The number of alkyl carbamates (subject to hydrolysis) is 1. The van der Waals surface area contributed by atoms with Crippen LogP contribution < -0.4 is 10.4 Å². The number of hydrogen-bond donors (Lipinski definition) is 1. The molecule has 2 rings (SSSR count). The standard InChI is InChI=1S/C21H21NO6S/c1-27-20(25)18(22-21(26)28-13-16-5-3-2-4-6-16)14-29-19(24)12-9-15-7-10-17(23)11-8-15/h2-12,18,23H,13-14H2,1H3,(H,22,26)/p-1/b12-9+. The smallest absolute Gasteiger partial charge is 0.408 e. The van der Waals surface area contributed by atoms with Gasteiger partial charge in [0.1, 0.15) is 12.6 Å². The van der Waals surface area contributed by atoms with Crippen molar-refractivity contribution >= 4 is 35.0 Å². The van der Waals surface area contributed by atoms with Crippen molar-refractivity contribution in [1.82, 2.24) is 5.32 Å². The van der Waals surface area contributed by atoms with Gasteiger partial charge in [-0.2, -0.15) is 0 Å². The summed E-state index contributed by atoms with van der Waals surface area (Å²) in [5.74, 6) is -0.818. The predicted molar refractivity (Wildman–Crippen MR) is 108 cm³/mol. The second-order valence-corrected chi connectivity index (χ2v) is 6.84. The van der Waals surface area contributed by atoms with Crippen LogP contribution in [0.2, 0.25) is 0 Å². The lowest BCUT2D eigenvalue weighted by Crippen LogP contribution is -2.43. The van der Waals surface area contributed by atoms with Gasteiger partial charge >= 0.3 is 12.1 Å². The second kappa shape index (κ2) is 11.6. The fourth-order valence-electron chi connectivity index (χ4n) is 2.17. The highest BCUT2D eigenvalue weighted by molar-refractivity contribution is 8.14. The number of methoxy groups -OCH3 is 1. The van der Waals surface area contributed by atoms with Crippen molar-refractivity contribution in [2.45, 2.75) is 12.6 Å². The SMILES string of the molecule is COC(=O)C(CSC(=O)/C=C/c1ccc([O-])cc1)NC(=O)OCc1ccccc1. The zero-order chi connectivity index (χ0) is 21.1. The molecule has 1 unspecified atom stereocenters. The van der Waals surface area contributed by atoms with Gasteiger partial charge in [-0.15, -0.1) is 5.75 Å². The molecule has 0 bridgehead atoms. The summed E-state index contributed by atoms with van der Waals surface area (Å²) in [5.41, 5.74) is 1.50. The van der Waals surface area contributed by atoms with Gasteiger partial charge in [-0.3, -0.25) is 4.79 Å². The Kier molecular flexibility index (Phi) is 8.78. The number of rotatable bonds is 8. The fraction of sp³-hybridized carbons (Fsp3) is 0.190. The molecular formula is C21H20NO6S-. The molecule has 7 nitrogen and oxygen atoms in total. The number of carbonyl (C=O) groups excluding carboxylic acids is 3. The zero-order valence-corrected chi connectivity index (χ0v) is 16.5. The molecule has 1 amide bonds. The Morgan fingerprint density at radius 2 is 1.79 bits per heavy atom. The third kappa shape index (κ3) is 8.10. The third-order valence-electron chi connectivity index (χ3n) is 3.67. The molecule has 0 radical (unpaired) electrons.